The predicted octanol–water partition coefficient (Wildman–Crippen LogP) is 2.71. The summed E-state index contributed by atoms with van der Waals surface area (Å²) in [6.45, 7) is 11.2. The quantitative estimate of drug-likeness (QED) is 0.421. The van der Waals surface area contributed by atoms with Crippen molar-refractivity contribution in [3.05, 3.63) is 23.8 Å². The van der Waals surface area contributed by atoms with Crippen molar-refractivity contribution in [3.63, 3.8) is 0 Å². The molecule has 178 valence electrons. The summed E-state index contributed by atoms with van der Waals surface area (Å²) >= 11 is 0. The van der Waals surface area contributed by atoms with Crippen LogP contribution in [0.5, 0.6) is 11.5 Å². The van der Waals surface area contributed by atoms with Crippen molar-refractivity contribution < 1.29 is 38.1 Å². The van der Waals surface area contributed by atoms with E-state index in [0.29, 0.717) is 12.0 Å². The average molecular weight is 452 g/mol. The van der Waals surface area contributed by atoms with Gasteiger partial charge in [0.1, 0.15) is 18.2 Å². The van der Waals surface area contributed by atoms with Crippen LogP contribution in [-0.2, 0) is 35.1 Å². The van der Waals surface area contributed by atoms with Gasteiger partial charge in [-0.15, -0.1) is 0 Å². The Morgan fingerprint density at radius 3 is 2.00 bits per heavy atom. The van der Waals surface area contributed by atoms with E-state index in [9.17, 15) is 19.2 Å². The molecule has 3 atom stereocenters. The Balaban J connectivity index is 2.79. The molecule has 32 heavy (non-hydrogen) atoms. The number of hydrogen-bond donors (Lipinski definition) is 1. The molecule has 0 aliphatic heterocycles. The Bertz CT molecular complexity index is 848. The van der Waals surface area contributed by atoms with Crippen LogP contribution in [0.1, 0.15) is 60.5 Å². The first-order chi connectivity index (χ1) is 14.8. The lowest BCUT2D eigenvalue weighted by Crippen LogP contribution is -2.40. The van der Waals surface area contributed by atoms with E-state index in [4.69, 9.17) is 24.7 Å². The minimum absolute atomic E-state index is 0.0400. The van der Waals surface area contributed by atoms with Crippen LogP contribution in [0.4, 0.5) is 0 Å². The molecule has 1 aromatic carbocycles. The normalized spacial score (nSPS) is 14.0. The van der Waals surface area contributed by atoms with E-state index in [-0.39, 0.29) is 23.9 Å². The maximum absolute atomic E-state index is 12.4. The van der Waals surface area contributed by atoms with Gasteiger partial charge >= 0.3 is 23.9 Å². The second-order valence-corrected chi connectivity index (χ2v) is 8.27. The van der Waals surface area contributed by atoms with E-state index in [2.05, 4.69) is 0 Å². The molecular weight excluding hydrogens is 418 g/mol. The SMILES string of the molecule is CCC(C)(C)C(=O)OC(C)[C@H](C)OC(=O)[C@@H](N)Cc1ccc(OC(C)=O)c(OC(C)=O)c1. The number of ether oxygens (including phenoxy) is 4. The van der Waals surface area contributed by atoms with Crippen molar-refractivity contribution in [2.24, 2.45) is 11.1 Å². The zero-order valence-electron chi connectivity index (χ0n) is 19.7. The van der Waals surface area contributed by atoms with Crippen LogP contribution in [0, 0.1) is 5.41 Å². The number of benzene rings is 1. The lowest BCUT2D eigenvalue weighted by Gasteiger charge is -2.27. The summed E-state index contributed by atoms with van der Waals surface area (Å²) in [5.74, 6) is -2.09. The fourth-order valence-corrected chi connectivity index (χ4v) is 2.43. The van der Waals surface area contributed by atoms with E-state index in [0.717, 1.165) is 0 Å². The molecule has 9 heteroatoms. The van der Waals surface area contributed by atoms with Gasteiger partial charge in [0.15, 0.2) is 11.5 Å². The summed E-state index contributed by atoms with van der Waals surface area (Å²) in [6, 6.07) is 3.50. The molecule has 9 nitrogen and oxygen atoms in total. The summed E-state index contributed by atoms with van der Waals surface area (Å²) in [6.07, 6.45) is -0.656. The minimum Gasteiger partial charge on any atom is -0.458 e. The molecule has 0 saturated heterocycles. The maximum Gasteiger partial charge on any atom is 0.323 e. The Morgan fingerprint density at radius 1 is 0.938 bits per heavy atom. The zero-order chi connectivity index (χ0) is 24.6. The van der Waals surface area contributed by atoms with Crippen molar-refractivity contribution in [3.8, 4) is 11.5 Å². The first kappa shape index (κ1) is 27.1. The van der Waals surface area contributed by atoms with Crippen molar-refractivity contribution in [1.82, 2.24) is 0 Å². The van der Waals surface area contributed by atoms with E-state index in [1.54, 1.807) is 33.8 Å². The van der Waals surface area contributed by atoms with Crippen molar-refractivity contribution >= 4 is 23.9 Å². The molecular formula is C23H33NO8. The molecule has 0 radical (unpaired) electrons. The molecule has 0 aliphatic rings. The van der Waals surface area contributed by atoms with Crippen LogP contribution in [0.2, 0.25) is 0 Å². The molecule has 0 fully saturated rings. The smallest absolute Gasteiger partial charge is 0.323 e. The molecule has 1 aromatic rings. The predicted molar refractivity (Wildman–Crippen MR) is 116 cm³/mol. The Hall–Kier alpha value is -2.94. The number of carbonyl (C=O) groups is 4. The molecule has 1 rings (SSSR count). The van der Waals surface area contributed by atoms with Gasteiger partial charge in [0.25, 0.3) is 0 Å². The third-order valence-electron chi connectivity index (χ3n) is 4.97. The molecule has 0 saturated carbocycles. The highest BCUT2D eigenvalue weighted by Gasteiger charge is 2.31. The zero-order valence-corrected chi connectivity index (χ0v) is 19.7. The number of carbonyl (C=O) groups excluding carboxylic acids is 4. The van der Waals surface area contributed by atoms with Crippen molar-refractivity contribution in [1.29, 1.82) is 0 Å². The van der Waals surface area contributed by atoms with Crippen LogP contribution in [0.3, 0.4) is 0 Å². The van der Waals surface area contributed by atoms with Gasteiger partial charge in [-0.3, -0.25) is 19.2 Å². The van der Waals surface area contributed by atoms with Crippen LogP contribution in [0.15, 0.2) is 18.2 Å². The van der Waals surface area contributed by atoms with Crippen molar-refractivity contribution in [2.75, 3.05) is 0 Å². The highest BCUT2D eigenvalue weighted by molar-refractivity contribution is 5.77. The molecule has 1 unspecified atom stereocenters. The highest BCUT2D eigenvalue weighted by atomic mass is 16.6. The molecule has 0 bridgehead atoms. The Morgan fingerprint density at radius 2 is 1.47 bits per heavy atom. The van der Waals surface area contributed by atoms with Gasteiger partial charge in [0.05, 0.1) is 5.41 Å². The third kappa shape index (κ3) is 8.30. The number of esters is 4. The Kier molecular flexibility index (Phi) is 9.83. The van der Waals surface area contributed by atoms with Gasteiger partial charge in [-0.25, -0.2) is 0 Å². The minimum atomic E-state index is -1.02. The van der Waals surface area contributed by atoms with Crippen LogP contribution in [0.25, 0.3) is 0 Å². The van der Waals surface area contributed by atoms with E-state index in [1.807, 2.05) is 6.92 Å². The third-order valence-corrected chi connectivity index (χ3v) is 4.97. The molecule has 0 heterocycles. The molecule has 0 spiro atoms. The standard InChI is InChI=1S/C23H33NO8/c1-8-23(6,7)22(28)30-14(3)13(2)29-21(27)18(24)11-17-9-10-19(31-15(4)25)20(12-17)32-16(5)26/h9-10,12-14,18H,8,11,24H2,1-7H3/t13-,14?,18-/m0/s1. The Labute approximate surface area is 188 Å². The van der Waals surface area contributed by atoms with Gasteiger partial charge in [0.2, 0.25) is 0 Å². The largest absolute Gasteiger partial charge is 0.458 e. The summed E-state index contributed by atoms with van der Waals surface area (Å²) in [5.41, 5.74) is 5.92. The maximum atomic E-state index is 12.4. The summed E-state index contributed by atoms with van der Waals surface area (Å²) in [5, 5.41) is 0. The van der Waals surface area contributed by atoms with E-state index >= 15 is 0 Å². The summed E-state index contributed by atoms with van der Waals surface area (Å²) in [4.78, 5) is 47.2. The van der Waals surface area contributed by atoms with Gasteiger partial charge in [-0.05, 0) is 58.2 Å². The van der Waals surface area contributed by atoms with Crippen LogP contribution >= 0.6 is 0 Å². The summed E-state index contributed by atoms with van der Waals surface area (Å²) in [7, 11) is 0. The van der Waals surface area contributed by atoms with Gasteiger partial charge in [-0.2, -0.15) is 0 Å². The van der Waals surface area contributed by atoms with Gasteiger partial charge < -0.3 is 24.7 Å². The van der Waals surface area contributed by atoms with Crippen LogP contribution in [-0.4, -0.2) is 42.1 Å². The van der Waals surface area contributed by atoms with Gasteiger partial charge in [-0.1, -0.05) is 13.0 Å². The van der Waals surface area contributed by atoms with Crippen molar-refractivity contribution in [2.45, 2.75) is 79.6 Å². The number of hydrogen-bond acceptors (Lipinski definition) is 9. The topological polar surface area (TPSA) is 131 Å². The number of nitrogens with two attached hydrogens (primary N) is 1. The lowest BCUT2D eigenvalue weighted by molar-refractivity contribution is -0.172. The molecule has 0 aromatic heterocycles. The fourth-order valence-electron chi connectivity index (χ4n) is 2.43. The second kappa shape index (κ2) is 11.6. The van der Waals surface area contributed by atoms with Crippen LogP contribution < -0.4 is 15.2 Å². The van der Waals surface area contributed by atoms with Gasteiger partial charge in [0, 0.05) is 13.8 Å². The average Bonchev–Trinajstić information content (AvgIpc) is 2.68. The lowest BCUT2D eigenvalue weighted by atomic mass is 9.90. The second-order valence-electron chi connectivity index (χ2n) is 8.27. The first-order valence-corrected chi connectivity index (χ1v) is 10.4. The molecule has 2 N–H and O–H groups in total. The van der Waals surface area contributed by atoms with E-state index in [1.165, 1.54) is 26.0 Å². The number of rotatable bonds is 10. The first-order valence-electron chi connectivity index (χ1n) is 10.4. The van der Waals surface area contributed by atoms with E-state index < -0.39 is 41.6 Å². The summed E-state index contributed by atoms with van der Waals surface area (Å²) < 4.78 is 20.9. The monoisotopic (exact) mass is 451 g/mol. The molecule has 0 amide bonds. The fraction of sp³-hybridized carbons (Fsp3) is 0.565. The highest BCUT2D eigenvalue weighted by Crippen LogP contribution is 2.29. The molecule has 0 aliphatic carbocycles.